The molecule has 2 heterocycles. The molecular weight excluding hydrogens is 326 g/mol. The Kier molecular flexibility index (Phi) is 3.74. The van der Waals surface area contributed by atoms with Crippen LogP contribution in [0.4, 0.5) is 0 Å². The number of fused-ring (bicyclic) bond motifs is 2. The van der Waals surface area contributed by atoms with Crippen molar-refractivity contribution in [1.29, 1.82) is 10.5 Å². The monoisotopic (exact) mass is 335 g/mol. The highest BCUT2D eigenvalue weighted by Crippen LogP contribution is 2.27. The third-order valence-electron chi connectivity index (χ3n) is 3.91. The Balaban J connectivity index is 2.02. The number of hydrogen-bond donors (Lipinski definition) is 0. The van der Waals surface area contributed by atoms with Gasteiger partial charge in [0.25, 0.3) is 0 Å². The Bertz CT molecular complexity index is 1150. The van der Waals surface area contributed by atoms with Crippen LogP contribution in [0, 0.1) is 22.9 Å². The number of aromatic nitrogens is 3. The average Bonchev–Trinajstić information content (AvgIpc) is 2.71. The fraction of sp³-hybridized carbons (Fsp3) is 0. The molecule has 0 unspecified atom stereocenters. The Morgan fingerprint density at radius 1 is 0.731 bits per heavy atom. The molecule has 26 heavy (non-hydrogen) atoms. The van der Waals surface area contributed by atoms with Gasteiger partial charge in [0.2, 0.25) is 12.4 Å². The van der Waals surface area contributed by atoms with Crippen molar-refractivity contribution in [3.8, 4) is 23.8 Å². The first-order valence-corrected chi connectivity index (χ1v) is 7.66. The number of benzene rings is 1. The highest BCUT2D eigenvalue weighted by Gasteiger charge is 2.30. The van der Waals surface area contributed by atoms with Gasteiger partial charge in [-0.15, -0.1) is 0 Å². The molecule has 7 heteroatoms. The molecule has 0 spiro atoms. The number of hydrogen-bond acceptors (Lipinski definition) is 7. The molecule has 2 aromatic heterocycles. The van der Waals surface area contributed by atoms with Crippen molar-refractivity contribution < 1.29 is 0 Å². The van der Waals surface area contributed by atoms with Crippen molar-refractivity contribution in [2.24, 2.45) is 9.98 Å². The lowest BCUT2D eigenvalue weighted by Crippen LogP contribution is -2.25. The Morgan fingerprint density at radius 2 is 1.38 bits per heavy atom. The summed E-state index contributed by atoms with van der Waals surface area (Å²) in [6.07, 6.45) is 6.88. The average molecular weight is 335 g/mol. The van der Waals surface area contributed by atoms with Crippen LogP contribution in [-0.2, 0) is 0 Å². The van der Waals surface area contributed by atoms with Gasteiger partial charge in [-0.25, -0.2) is 9.97 Å². The molecular formula is C19H9N7. The smallest absolute Gasteiger partial charge is 0.206 e. The molecule has 120 valence electrons. The SMILES string of the molecule is N#CN=C1c2ccccc2C(=NC#N)c2nc(-c3ccccn3)cnc21. The fourth-order valence-corrected chi connectivity index (χ4v) is 2.84. The molecule has 4 rings (SSSR count). The maximum atomic E-state index is 9.14. The number of aliphatic imine (C=N–C) groups is 2. The highest BCUT2D eigenvalue weighted by molar-refractivity contribution is 6.30. The summed E-state index contributed by atoms with van der Waals surface area (Å²) >= 11 is 0. The summed E-state index contributed by atoms with van der Waals surface area (Å²) < 4.78 is 0. The zero-order chi connectivity index (χ0) is 17.9. The lowest BCUT2D eigenvalue weighted by Gasteiger charge is -2.20. The summed E-state index contributed by atoms with van der Waals surface area (Å²) in [6.45, 7) is 0. The number of pyridine rings is 1. The van der Waals surface area contributed by atoms with E-state index in [4.69, 9.17) is 10.5 Å². The Hall–Kier alpha value is -4.23. The Labute approximate surface area is 148 Å². The van der Waals surface area contributed by atoms with Crippen LogP contribution in [-0.4, -0.2) is 26.4 Å². The van der Waals surface area contributed by atoms with Gasteiger partial charge in [-0.1, -0.05) is 30.3 Å². The molecule has 0 bridgehead atoms. The largest absolute Gasteiger partial charge is 0.255 e. The van der Waals surface area contributed by atoms with Crippen molar-refractivity contribution in [3.63, 3.8) is 0 Å². The zero-order valence-corrected chi connectivity index (χ0v) is 13.3. The van der Waals surface area contributed by atoms with Gasteiger partial charge in [-0.05, 0) is 12.1 Å². The van der Waals surface area contributed by atoms with Crippen molar-refractivity contribution in [1.82, 2.24) is 15.0 Å². The van der Waals surface area contributed by atoms with E-state index in [2.05, 4.69) is 24.9 Å². The van der Waals surface area contributed by atoms with Crippen LogP contribution in [0.2, 0.25) is 0 Å². The predicted octanol–water partition coefficient (Wildman–Crippen LogP) is 2.49. The number of nitriles is 2. The van der Waals surface area contributed by atoms with E-state index in [1.165, 1.54) is 0 Å². The summed E-state index contributed by atoms with van der Waals surface area (Å²) in [5, 5.41) is 18.2. The van der Waals surface area contributed by atoms with E-state index in [-0.39, 0.29) is 0 Å². The molecule has 0 amide bonds. The summed E-state index contributed by atoms with van der Waals surface area (Å²) in [4.78, 5) is 21.2. The molecule has 0 saturated heterocycles. The van der Waals surface area contributed by atoms with Crippen molar-refractivity contribution in [3.05, 3.63) is 77.4 Å². The van der Waals surface area contributed by atoms with Gasteiger partial charge in [0.05, 0.1) is 11.9 Å². The van der Waals surface area contributed by atoms with Crippen molar-refractivity contribution in [2.45, 2.75) is 0 Å². The van der Waals surface area contributed by atoms with E-state index >= 15 is 0 Å². The molecule has 0 atom stereocenters. The summed E-state index contributed by atoms with van der Waals surface area (Å²) in [5.41, 5.74) is 4.21. The lowest BCUT2D eigenvalue weighted by atomic mass is 9.88. The summed E-state index contributed by atoms with van der Waals surface area (Å²) in [7, 11) is 0. The van der Waals surface area contributed by atoms with Gasteiger partial charge in [-0.3, -0.25) is 4.98 Å². The van der Waals surface area contributed by atoms with Crippen molar-refractivity contribution in [2.75, 3.05) is 0 Å². The van der Waals surface area contributed by atoms with Crippen LogP contribution in [0.15, 0.2) is 64.8 Å². The van der Waals surface area contributed by atoms with E-state index in [9.17, 15) is 0 Å². The van der Waals surface area contributed by atoms with Gasteiger partial charge < -0.3 is 0 Å². The quantitative estimate of drug-likeness (QED) is 0.496. The summed E-state index contributed by atoms with van der Waals surface area (Å²) in [5.74, 6) is 0. The maximum absolute atomic E-state index is 9.14. The van der Waals surface area contributed by atoms with Gasteiger partial charge in [0, 0.05) is 17.3 Å². The molecule has 7 nitrogen and oxygen atoms in total. The molecule has 0 aliphatic heterocycles. The first kappa shape index (κ1) is 15.3. The molecule has 0 radical (unpaired) electrons. The Morgan fingerprint density at radius 3 is 2.00 bits per heavy atom. The second kappa shape index (κ2) is 6.34. The maximum Gasteiger partial charge on any atom is 0.206 e. The standard InChI is InChI=1S/C19H9N7/c20-10-24-16-12-5-1-2-6-13(12)17(25-11-21)19-18(16)23-9-15(26-19)14-7-3-4-8-22-14/h1-9H. The molecule has 1 aliphatic rings. The predicted molar refractivity (Wildman–Crippen MR) is 94.2 cm³/mol. The van der Waals surface area contributed by atoms with Crippen LogP contribution in [0.3, 0.4) is 0 Å². The molecule has 1 aliphatic carbocycles. The van der Waals surface area contributed by atoms with Gasteiger partial charge in [0.1, 0.15) is 28.5 Å². The van der Waals surface area contributed by atoms with Crippen LogP contribution in [0.5, 0.6) is 0 Å². The van der Waals surface area contributed by atoms with Crippen molar-refractivity contribution >= 4 is 11.4 Å². The molecule has 0 fully saturated rings. The fourth-order valence-electron chi connectivity index (χ4n) is 2.84. The van der Waals surface area contributed by atoms with E-state index < -0.39 is 0 Å². The zero-order valence-electron chi connectivity index (χ0n) is 13.3. The minimum absolute atomic E-state index is 0.403. The second-order valence-electron chi connectivity index (χ2n) is 5.33. The number of rotatable bonds is 1. The topological polar surface area (TPSA) is 111 Å². The first-order chi connectivity index (χ1) is 12.8. The van der Waals surface area contributed by atoms with E-state index in [1.54, 1.807) is 12.4 Å². The van der Waals surface area contributed by atoms with E-state index in [1.807, 2.05) is 54.9 Å². The van der Waals surface area contributed by atoms with Gasteiger partial charge in [0.15, 0.2) is 0 Å². The molecule has 0 saturated carbocycles. The first-order valence-electron chi connectivity index (χ1n) is 7.66. The van der Waals surface area contributed by atoms with Crippen LogP contribution in [0.1, 0.15) is 22.5 Å². The molecule has 3 aromatic rings. The minimum atomic E-state index is 0.403. The normalized spacial score (nSPS) is 15.0. The third-order valence-corrected chi connectivity index (χ3v) is 3.91. The molecule has 1 aromatic carbocycles. The second-order valence-corrected chi connectivity index (χ2v) is 5.33. The van der Waals surface area contributed by atoms with Gasteiger partial charge in [-0.2, -0.15) is 20.5 Å². The lowest BCUT2D eigenvalue weighted by molar-refractivity contribution is 1.13. The van der Waals surface area contributed by atoms with E-state index in [0.717, 1.165) is 0 Å². The van der Waals surface area contributed by atoms with Gasteiger partial charge >= 0.3 is 0 Å². The van der Waals surface area contributed by atoms with Crippen LogP contribution < -0.4 is 0 Å². The molecule has 0 N–H and O–H groups in total. The van der Waals surface area contributed by atoms with Crippen LogP contribution >= 0.6 is 0 Å². The highest BCUT2D eigenvalue weighted by atomic mass is 14.9. The number of nitrogens with zero attached hydrogens (tertiary/aromatic N) is 7. The minimum Gasteiger partial charge on any atom is -0.255 e. The third kappa shape index (κ3) is 2.41. The summed E-state index contributed by atoms with van der Waals surface area (Å²) in [6, 6.07) is 12.8. The van der Waals surface area contributed by atoms with E-state index in [0.29, 0.717) is 45.3 Å². The van der Waals surface area contributed by atoms with Crippen LogP contribution in [0.25, 0.3) is 11.4 Å².